The first kappa shape index (κ1) is 14.6. The second kappa shape index (κ2) is 6.07. The van der Waals surface area contributed by atoms with Gasteiger partial charge in [0.1, 0.15) is 0 Å². The number of carbonyl (C=O) groups excluding carboxylic acids is 2. The Balaban J connectivity index is 2.02. The number of benzene rings is 1. The van der Waals surface area contributed by atoms with E-state index in [0.29, 0.717) is 19.4 Å². The van der Waals surface area contributed by atoms with Gasteiger partial charge in [0, 0.05) is 20.0 Å². The maximum absolute atomic E-state index is 12.5. The molecule has 0 spiro atoms. The monoisotopic (exact) mass is 274 g/mol. The van der Waals surface area contributed by atoms with Gasteiger partial charge in [0.2, 0.25) is 11.8 Å². The highest BCUT2D eigenvalue weighted by Crippen LogP contribution is 2.23. The summed E-state index contributed by atoms with van der Waals surface area (Å²) in [5.74, 6) is 0.0620. The Morgan fingerprint density at radius 3 is 2.55 bits per heavy atom. The van der Waals surface area contributed by atoms with Crippen molar-refractivity contribution in [1.29, 1.82) is 0 Å². The Labute approximate surface area is 120 Å². The van der Waals surface area contributed by atoms with Crippen LogP contribution in [0.25, 0.3) is 0 Å². The Bertz CT molecular complexity index is 486. The quantitative estimate of drug-likeness (QED) is 0.917. The van der Waals surface area contributed by atoms with Crippen LogP contribution in [-0.4, -0.2) is 30.3 Å². The number of hydrogen-bond acceptors (Lipinski definition) is 2. The summed E-state index contributed by atoms with van der Waals surface area (Å²) in [5.41, 5.74) is 2.34. The highest BCUT2D eigenvalue weighted by Gasteiger charge is 2.29. The van der Waals surface area contributed by atoms with E-state index in [2.05, 4.69) is 29.6 Å². The molecule has 2 atom stereocenters. The van der Waals surface area contributed by atoms with Crippen molar-refractivity contribution in [3.63, 3.8) is 0 Å². The summed E-state index contributed by atoms with van der Waals surface area (Å²) < 4.78 is 0. The van der Waals surface area contributed by atoms with E-state index >= 15 is 0 Å². The van der Waals surface area contributed by atoms with Crippen molar-refractivity contribution in [2.24, 2.45) is 5.92 Å². The van der Waals surface area contributed by atoms with Crippen molar-refractivity contribution in [2.45, 2.75) is 32.7 Å². The predicted octanol–water partition coefficient (Wildman–Crippen LogP) is 2.04. The third-order valence-electron chi connectivity index (χ3n) is 4.10. The molecule has 1 heterocycles. The molecule has 4 nitrogen and oxygen atoms in total. The van der Waals surface area contributed by atoms with E-state index < -0.39 is 0 Å². The number of piperidine rings is 1. The Morgan fingerprint density at radius 2 is 2.00 bits per heavy atom. The van der Waals surface area contributed by atoms with Crippen molar-refractivity contribution in [2.75, 3.05) is 13.6 Å². The molecular weight excluding hydrogens is 252 g/mol. The van der Waals surface area contributed by atoms with Gasteiger partial charge in [-0.3, -0.25) is 9.59 Å². The minimum absolute atomic E-state index is 0.0423. The van der Waals surface area contributed by atoms with Crippen LogP contribution in [0.5, 0.6) is 0 Å². The predicted molar refractivity (Wildman–Crippen MR) is 78.1 cm³/mol. The molecule has 0 saturated carbocycles. The zero-order chi connectivity index (χ0) is 14.7. The fourth-order valence-electron chi connectivity index (χ4n) is 2.49. The molecule has 2 amide bonds. The van der Waals surface area contributed by atoms with E-state index in [1.807, 2.05) is 20.9 Å². The lowest BCUT2D eigenvalue weighted by molar-refractivity contribution is -0.138. The van der Waals surface area contributed by atoms with Crippen molar-refractivity contribution < 1.29 is 9.59 Å². The fraction of sp³-hybridized carbons (Fsp3) is 0.500. The minimum atomic E-state index is -0.0920. The Morgan fingerprint density at radius 1 is 1.35 bits per heavy atom. The summed E-state index contributed by atoms with van der Waals surface area (Å²) in [6.07, 6.45) is 1.10. The molecule has 1 aliphatic heterocycles. The van der Waals surface area contributed by atoms with E-state index in [-0.39, 0.29) is 23.8 Å². The molecule has 108 valence electrons. The summed E-state index contributed by atoms with van der Waals surface area (Å²) in [6, 6.07) is 8.29. The first-order valence-corrected chi connectivity index (χ1v) is 7.09. The van der Waals surface area contributed by atoms with Gasteiger partial charge in [-0.05, 0) is 25.8 Å². The lowest BCUT2D eigenvalue weighted by atomic mass is 9.96. The van der Waals surface area contributed by atoms with E-state index in [1.54, 1.807) is 4.90 Å². The number of rotatable bonds is 3. The molecule has 20 heavy (non-hydrogen) atoms. The molecule has 0 radical (unpaired) electrons. The summed E-state index contributed by atoms with van der Waals surface area (Å²) in [7, 11) is 1.84. The van der Waals surface area contributed by atoms with Gasteiger partial charge < -0.3 is 10.2 Å². The molecule has 1 aromatic rings. The highest BCUT2D eigenvalue weighted by atomic mass is 16.2. The van der Waals surface area contributed by atoms with Crippen LogP contribution in [0.15, 0.2) is 24.3 Å². The van der Waals surface area contributed by atoms with Crippen molar-refractivity contribution >= 4 is 11.8 Å². The molecule has 1 fully saturated rings. The van der Waals surface area contributed by atoms with Gasteiger partial charge in [-0.25, -0.2) is 0 Å². The first-order chi connectivity index (χ1) is 9.49. The summed E-state index contributed by atoms with van der Waals surface area (Å²) >= 11 is 0. The van der Waals surface area contributed by atoms with E-state index in [1.165, 1.54) is 5.56 Å². The molecule has 2 rings (SSSR count). The fourth-order valence-corrected chi connectivity index (χ4v) is 2.49. The molecule has 2 unspecified atom stereocenters. The Hall–Kier alpha value is -1.84. The molecule has 1 aromatic carbocycles. The summed E-state index contributed by atoms with van der Waals surface area (Å²) in [4.78, 5) is 25.4. The van der Waals surface area contributed by atoms with Gasteiger partial charge in [-0.15, -0.1) is 0 Å². The van der Waals surface area contributed by atoms with Crippen LogP contribution in [0.3, 0.4) is 0 Å². The Kier molecular flexibility index (Phi) is 4.42. The SMILES string of the molecule is Cc1ccc(C(C)N(C)C(=O)C2CCC(=O)NC2)cc1. The standard InChI is InChI=1S/C16H22N2O2/c1-11-4-6-13(7-5-11)12(2)18(3)16(20)14-8-9-15(19)17-10-14/h4-7,12,14H,8-10H2,1-3H3,(H,17,19). The van der Waals surface area contributed by atoms with Gasteiger partial charge in [-0.1, -0.05) is 29.8 Å². The average Bonchev–Trinajstić information content (AvgIpc) is 2.46. The number of nitrogens with one attached hydrogen (secondary N) is 1. The van der Waals surface area contributed by atoms with Gasteiger partial charge in [0.15, 0.2) is 0 Å². The summed E-state index contributed by atoms with van der Waals surface area (Å²) in [5, 5.41) is 2.77. The average molecular weight is 274 g/mol. The number of nitrogens with zero attached hydrogens (tertiary/aromatic N) is 1. The number of aryl methyl sites for hydroxylation is 1. The molecular formula is C16H22N2O2. The third kappa shape index (κ3) is 3.18. The van der Waals surface area contributed by atoms with Crippen LogP contribution in [0, 0.1) is 12.8 Å². The van der Waals surface area contributed by atoms with Crippen LogP contribution < -0.4 is 5.32 Å². The smallest absolute Gasteiger partial charge is 0.227 e. The first-order valence-electron chi connectivity index (χ1n) is 7.09. The summed E-state index contributed by atoms with van der Waals surface area (Å²) in [6.45, 7) is 4.54. The normalized spacial score (nSPS) is 20.1. The van der Waals surface area contributed by atoms with Gasteiger partial charge in [0.05, 0.1) is 12.0 Å². The maximum atomic E-state index is 12.5. The zero-order valence-electron chi connectivity index (χ0n) is 12.3. The second-order valence-electron chi connectivity index (χ2n) is 5.58. The van der Waals surface area contributed by atoms with E-state index in [4.69, 9.17) is 0 Å². The van der Waals surface area contributed by atoms with Crippen LogP contribution in [0.1, 0.15) is 36.9 Å². The van der Waals surface area contributed by atoms with Crippen LogP contribution in [0.4, 0.5) is 0 Å². The van der Waals surface area contributed by atoms with Gasteiger partial charge >= 0.3 is 0 Å². The molecule has 0 aliphatic carbocycles. The van der Waals surface area contributed by atoms with Crippen molar-refractivity contribution in [3.8, 4) is 0 Å². The number of hydrogen-bond donors (Lipinski definition) is 1. The lowest BCUT2D eigenvalue weighted by Gasteiger charge is -2.31. The number of amides is 2. The largest absolute Gasteiger partial charge is 0.355 e. The third-order valence-corrected chi connectivity index (χ3v) is 4.10. The van der Waals surface area contributed by atoms with Crippen molar-refractivity contribution in [3.05, 3.63) is 35.4 Å². The van der Waals surface area contributed by atoms with Crippen LogP contribution in [-0.2, 0) is 9.59 Å². The van der Waals surface area contributed by atoms with Crippen LogP contribution >= 0.6 is 0 Å². The molecule has 4 heteroatoms. The zero-order valence-corrected chi connectivity index (χ0v) is 12.3. The van der Waals surface area contributed by atoms with Crippen LogP contribution in [0.2, 0.25) is 0 Å². The number of carbonyl (C=O) groups is 2. The highest BCUT2D eigenvalue weighted by molar-refractivity contribution is 5.83. The maximum Gasteiger partial charge on any atom is 0.227 e. The van der Waals surface area contributed by atoms with Gasteiger partial charge in [0.25, 0.3) is 0 Å². The molecule has 1 saturated heterocycles. The molecule has 1 aliphatic rings. The molecule has 0 bridgehead atoms. The van der Waals surface area contributed by atoms with E-state index in [9.17, 15) is 9.59 Å². The topological polar surface area (TPSA) is 49.4 Å². The minimum Gasteiger partial charge on any atom is -0.355 e. The second-order valence-corrected chi connectivity index (χ2v) is 5.58. The van der Waals surface area contributed by atoms with Gasteiger partial charge in [-0.2, -0.15) is 0 Å². The molecule has 1 N–H and O–H groups in total. The van der Waals surface area contributed by atoms with E-state index in [0.717, 1.165) is 5.56 Å². The van der Waals surface area contributed by atoms with Crippen molar-refractivity contribution in [1.82, 2.24) is 10.2 Å². The molecule has 0 aromatic heterocycles. The lowest BCUT2D eigenvalue weighted by Crippen LogP contribution is -2.44.